The number of amides is 1. The first-order valence-electron chi connectivity index (χ1n) is 11.9. The van der Waals surface area contributed by atoms with Gasteiger partial charge in [-0.15, -0.1) is 0 Å². The first-order chi connectivity index (χ1) is 16.3. The minimum absolute atomic E-state index is 0.0135. The lowest BCUT2D eigenvalue weighted by atomic mass is 9.77. The normalized spacial score (nSPS) is 22.4. The van der Waals surface area contributed by atoms with Gasteiger partial charge in [-0.05, 0) is 49.5 Å². The van der Waals surface area contributed by atoms with Crippen LogP contribution in [0.15, 0.2) is 96.7 Å². The van der Waals surface area contributed by atoms with E-state index in [-0.39, 0.29) is 29.3 Å². The van der Waals surface area contributed by atoms with Gasteiger partial charge in [0.1, 0.15) is 0 Å². The largest absolute Gasteiger partial charge is 0.312 e. The number of allylic oxidation sites excluding steroid dienone is 10. The highest BCUT2D eigenvalue weighted by Crippen LogP contribution is 2.46. The molecular formula is C28H42N2O3S. The predicted octanol–water partition coefficient (Wildman–Crippen LogP) is 6.35. The highest BCUT2D eigenvalue weighted by Gasteiger charge is 2.44. The number of nitrogens with zero attached hydrogens (tertiary/aromatic N) is 1. The summed E-state index contributed by atoms with van der Waals surface area (Å²) in [7, 11) is -3.83. The van der Waals surface area contributed by atoms with E-state index < -0.39 is 10.0 Å². The fraction of sp³-hybridized carbons (Fsp3) is 0.393. The van der Waals surface area contributed by atoms with Gasteiger partial charge in [-0.2, -0.15) is 0 Å². The summed E-state index contributed by atoms with van der Waals surface area (Å²) in [5.74, 6) is -0.186. The van der Waals surface area contributed by atoms with Crippen LogP contribution in [0, 0.1) is 5.92 Å². The third-order valence-electron chi connectivity index (χ3n) is 5.34. The first kappa shape index (κ1) is 31.3. The zero-order valence-electron chi connectivity index (χ0n) is 21.5. The molecule has 34 heavy (non-hydrogen) atoms. The molecule has 1 amide bonds. The Morgan fingerprint density at radius 3 is 2.26 bits per heavy atom. The lowest BCUT2D eigenvalue weighted by Gasteiger charge is -2.34. The summed E-state index contributed by atoms with van der Waals surface area (Å²) in [5, 5.41) is 0. The van der Waals surface area contributed by atoms with Crippen LogP contribution in [-0.2, 0) is 14.8 Å². The number of nitrogens with one attached hydrogen (secondary N) is 1. The third-order valence-corrected chi connectivity index (χ3v) is 6.78. The number of carbonyl (C=O) groups is 1. The van der Waals surface area contributed by atoms with Crippen molar-refractivity contribution in [3.8, 4) is 0 Å². The number of sulfonamides is 1. The maximum absolute atomic E-state index is 13.0. The molecule has 2 rings (SSSR count). The Kier molecular flexibility index (Phi) is 14.7. The number of carbonyl (C=O) groups excluding carboxylic acids is 1. The molecule has 188 valence electrons. The Hall–Kier alpha value is -2.70. The first-order valence-corrected chi connectivity index (χ1v) is 13.4. The van der Waals surface area contributed by atoms with Crippen molar-refractivity contribution in [3.63, 3.8) is 0 Å². The molecular weight excluding hydrogens is 444 g/mol. The molecule has 0 bridgehead atoms. The van der Waals surface area contributed by atoms with Crippen molar-refractivity contribution in [2.24, 2.45) is 5.92 Å². The Labute approximate surface area is 207 Å². The van der Waals surface area contributed by atoms with E-state index in [1.54, 1.807) is 36.1 Å². The van der Waals surface area contributed by atoms with Gasteiger partial charge in [-0.3, -0.25) is 4.79 Å². The van der Waals surface area contributed by atoms with Crippen LogP contribution >= 0.6 is 0 Å². The second kappa shape index (κ2) is 16.0. The van der Waals surface area contributed by atoms with Gasteiger partial charge in [0, 0.05) is 17.7 Å². The fourth-order valence-electron chi connectivity index (χ4n) is 4.06. The van der Waals surface area contributed by atoms with Crippen LogP contribution < -0.4 is 4.72 Å². The maximum atomic E-state index is 13.0. The van der Waals surface area contributed by atoms with Crippen LogP contribution in [0.3, 0.4) is 0 Å². The van der Waals surface area contributed by atoms with E-state index in [9.17, 15) is 13.2 Å². The minimum Gasteiger partial charge on any atom is -0.312 e. The van der Waals surface area contributed by atoms with Crippen LogP contribution in [0.1, 0.15) is 53.9 Å². The second-order valence-corrected chi connectivity index (χ2v) is 8.92. The molecule has 0 aromatic carbocycles. The predicted molar refractivity (Wildman–Crippen MR) is 146 cm³/mol. The van der Waals surface area contributed by atoms with E-state index in [2.05, 4.69) is 31.0 Å². The van der Waals surface area contributed by atoms with Gasteiger partial charge in [0.05, 0.1) is 11.4 Å². The Morgan fingerprint density at radius 2 is 1.74 bits per heavy atom. The van der Waals surface area contributed by atoms with E-state index in [0.29, 0.717) is 12.1 Å². The number of fused-ring (bicyclic) bond motifs is 1. The third kappa shape index (κ3) is 7.96. The van der Waals surface area contributed by atoms with Crippen molar-refractivity contribution in [3.05, 3.63) is 96.7 Å². The summed E-state index contributed by atoms with van der Waals surface area (Å²) in [5.41, 5.74) is 3.04. The van der Waals surface area contributed by atoms with E-state index in [0.717, 1.165) is 18.4 Å². The Morgan fingerprint density at radius 1 is 1.12 bits per heavy atom. The standard InChI is InChI=1S/C24H30N2O3S.2C2H6/c1-6-10-13-20(9-4)30(28,29)25-17-24(27)26-18(5)16-22-21(12-8-3)19(11-7-2)14-15-23(22)26;2*1-2/h6-13,22-23,25H,2-5,14-17H2,1H3;2*1-2H3/b10-6-,19-11-,20-13+,21-12+;;. The summed E-state index contributed by atoms with van der Waals surface area (Å²) in [6.07, 6.45) is 15.8. The molecule has 5 nitrogen and oxygen atoms in total. The molecule has 2 aliphatic rings. The Bertz CT molecular complexity index is 966. The van der Waals surface area contributed by atoms with Gasteiger partial charge in [0.2, 0.25) is 15.9 Å². The second-order valence-electron chi connectivity index (χ2n) is 7.16. The number of hydrogen-bond donors (Lipinski definition) is 1. The molecule has 1 aliphatic carbocycles. The minimum atomic E-state index is -3.83. The quantitative estimate of drug-likeness (QED) is 0.406. The number of likely N-dealkylation sites (tertiary alicyclic amines) is 1. The van der Waals surface area contributed by atoms with E-state index in [1.165, 1.54) is 17.7 Å². The van der Waals surface area contributed by atoms with Crippen LogP contribution in [0.5, 0.6) is 0 Å². The van der Waals surface area contributed by atoms with E-state index >= 15 is 0 Å². The Balaban J connectivity index is 0.00000258. The molecule has 1 saturated carbocycles. The molecule has 6 heteroatoms. The number of rotatable bonds is 8. The van der Waals surface area contributed by atoms with Crippen LogP contribution in [0.2, 0.25) is 0 Å². The van der Waals surface area contributed by atoms with Gasteiger partial charge in [0.25, 0.3) is 0 Å². The molecule has 0 spiro atoms. The summed E-state index contributed by atoms with van der Waals surface area (Å²) in [4.78, 5) is 14.6. The molecule has 1 aliphatic heterocycles. The fourth-order valence-corrected chi connectivity index (χ4v) is 5.02. The summed E-state index contributed by atoms with van der Waals surface area (Å²) >= 11 is 0. The topological polar surface area (TPSA) is 66.5 Å². The molecule has 0 aromatic heterocycles. The highest BCUT2D eigenvalue weighted by atomic mass is 32.2. The van der Waals surface area contributed by atoms with Crippen LogP contribution in [-0.4, -0.2) is 31.8 Å². The molecule has 2 atom stereocenters. The van der Waals surface area contributed by atoms with Gasteiger partial charge in [-0.1, -0.05) is 90.5 Å². The van der Waals surface area contributed by atoms with Crippen LogP contribution in [0.25, 0.3) is 0 Å². The van der Waals surface area contributed by atoms with Gasteiger partial charge < -0.3 is 4.90 Å². The zero-order valence-corrected chi connectivity index (χ0v) is 22.3. The lowest BCUT2D eigenvalue weighted by Crippen LogP contribution is -2.44. The summed E-state index contributed by atoms with van der Waals surface area (Å²) in [6.45, 7) is 24.7. The molecule has 1 N–H and O–H groups in total. The SMILES string of the molecule is C=C/C=C1/CCC2C(CC(=C)N2C(=O)CNS(=O)(=O)/C(C=C)=C/C=C\C)/C1=C/C=C.CC.CC. The maximum Gasteiger partial charge on any atom is 0.242 e. The zero-order chi connectivity index (χ0) is 26.3. The molecule has 2 unspecified atom stereocenters. The van der Waals surface area contributed by atoms with Crippen molar-refractivity contribution in [2.75, 3.05) is 6.54 Å². The molecule has 1 saturated heterocycles. The number of hydrogen-bond acceptors (Lipinski definition) is 3. The van der Waals surface area contributed by atoms with Gasteiger partial charge in [0.15, 0.2) is 0 Å². The van der Waals surface area contributed by atoms with Crippen molar-refractivity contribution in [2.45, 2.75) is 59.9 Å². The smallest absolute Gasteiger partial charge is 0.242 e. The van der Waals surface area contributed by atoms with Crippen molar-refractivity contribution < 1.29 is 13.2 Å². The molecule has 1 heterocycles. The monoisotopic (exact) mass is 486 g/mol. The van der Waals surface area contributed by atoms with E-state index in [1.807, 2.05) is 39.8 Å². The summed E-state index contributed by atoms with van der Waals surface area (Å²) < 4.78 is 27.4. The van der Waals surface area contributed by atoms with E-state index in [4.69, 9.17) is 0 Å². The lowest BCUT2D eigenvalue weighted by molar-refractivity contribution is -0.129. The highest BCUT2D eigenvalue weighted by molar-refractivity contribution is 7.93. The van der Waals surface area contributed by atoms with Crippen LogP contribution in [0.4, 0.5) is 0 Å². The molecule has 0 radical (unpaired) electrons. The van der Waals surface area contributed by atoms with Gasteiger partial charge in [-0.25, -0.2) is 13.1 Å². The molecule has 2 fully saturated rings. The van der Waals surface area contributed by atoms with Crippen molar-refractivity contribution in [1.29, 1.82) is 0 Å². The van der Waals surface area contributed by atoms with Crippen molar-refractivity contribution in [1.82, 2.24) is 9.62 Å². The average molecular weight is 487 g/mol. The average Bonchev–Trinajstić information content (AvgIpc) is 3.18. The van der Waals surface area contributed by atoms with Crippen molar-refractivity contribution >= 4 is 15.9 Å². The summed E-state index contributed by atoms with van der Waals surface area (Å²) in [6, 6.07) is -0.0416. The van der Waals surface area contributed by atoms with Gasteiger partial charge >= 0.3 is 0 Å². The molecule has 0 aromatic rings.